The minimum absolute atomic E-state index is 0.0397. The Balaban J connectivity index is 2.53. The van der Waals surface area contributed by atoms with Gasteiger partial charge in [0.25, 0.3) is 0 Å². The smallest absolute Gasteiger partial charge is 0.307 e. The van der Waals surface area contributed by atoms with Gasteiger partial charge in [-0.05, 0) is 13.8 Å². The molecule has 0 aromatic heterocycles. The highest BCUT2D eigenvalue weighted by Crippen LogP contribution is 2.20. The average Bonchev–Trinajstić information content (AvgIpc) is 2.08. The maximum absolute atomic E-state index is 10.7. The summed E-state index contributed by atoms with van der Waals surface area (Å²) in [7, 11) is 0. The standard InChI is InChI=1S/C10H19NO3/c1-8(9(12)13)6-11-4-5-14-7-10(11,2)3/h8H,4-7H2,1-3H3,(H,12,13). The van der Waals surface area contributed by atoms with Gasteiger partial charge in [-0.15, -0.1) is 0 Å². The number of hydrogen-bond acceptors (Lipinski definition) is 3. The first-order chi connectivity index (χ1) is 6.43. The van der Waals surface area contributed by atoms with Crippen LogP contribution >= 0.6 is 0 Å². The maximum Gasteiger partial charge on any atom is 0.307 e. The molecule has 0 aromatic carbocycles. The highest BCUT2D eigenvalue weighted by atomic mass is 16.5. The molecule has 0 spiro atoms. The molecule has 1 aliphatic rings. The zero-order valence-electron chi connectivity index (χ0n) is 9.12. The molecule has 1 fully saturated rings. The monoisotopic (exact) mass is 201 g/mol. The van der Waals surface area contributed by atoms with Crippen molar-refractivity contribution in [3.63, 3.8) is 0 Å². The van der Waals surface area contributed by atoms with Crippen molar-refractivity contribution in [1.82, 2.24) is 4.90 Å². The van der Waals surface area contributed by atoms with Crippen molar-refractivity contribution in [2.24, 2.45) is 5.92 Å². The molecule has 1 heterocycles. The molecule has 0 amide bonds. The summed E-state index contributed by atoms with van der Waals surface area (Å²) in [6.45, 7) is 8.72. The molecular formula is C10H19NO3. The van der Waals surface area contributed by atoms with Gasteiger partial charge >= 0.3 is 5.97 Å². The van der Waals surface area contributed by atoms with E-state index in [1.165, 1.54) is 0 Å². The number of morpholine rings is 1. The van der Waals surface area contributed by atoms with E-state index in [-0.39, 0.29) is 11.5 Å². The van der Waals surface area contributed by atoms with Crippen LogP contribution in [0.3, 0.4) is 0 Å². The summed E-state index contributed by atoms with van der Waals surface area (Å²) >= 11 is 0. The molecule has 0 bridgehead atoms. The summed E-state index contributed by atoms with van der Waals surface area (Å²) in [5, 5.41) is 8.82. The van der Waals surface area contributed by atoms with Gasteiger partial charge in [-0.3, -0.25) is 9.69 Å². The molecule has 0 radical (unpaired) electrons. The second-order valence-electron chi connectivity index (χ2n) is 4.55. The molecule has 0 aromatic rings. The fraction of sp³-hybridized carbons (Fsp3) is 0.900. The molecule has 1 saturated heterocycles. The molecule has 1 rings (SSSR count). The lowest BCUT2D eigenvalue weighted by molar-refractivity contribution is -0.143. The minimum Gasteiger partial charge on any atom is -0.481 e. The number of ether oxygens (including phenoxy) is 1. The largest absolute Gasteiger partial charge is 0.481 e. The van der Waals surface area contributed by atoms with Gasteiger partial charge in [-0.1, -0.05) is 6.92 Å². The zero-order valence-corrected chi connectivity index (χ0v) is 9.12. The number of aliphatic carboxylic acids is 1. The minimum atomic E-state index is -0.729. The molecule has 1 unspecified atom stereocenters. The molecule has 4 heteroatoms. The highest BCUT2D eigenvalue weighted by molar-refractivity contribution is 5.69. The van der Waals surface area contributed by atoms with Crippen molar-refractivity contribution in [1.29, 1.82) is 0 Å². The Kier molecular flexibility index (Phi) is 3.50. The third-order valence-electron chi connectivity index (χ3n) is 2.73. The van der Waals surface area contributed by atoms with Gasteiger partial charge in [-0.25, -0.2) is 0 Å². The van der Waals surface area contributed by atoms with E-state index in [1.54, 1.807) is 6.92 Å². The second kappa shape index (κ2) is 4.28. The van der Waals surface area contributed by atoms with E-state index < -0.39 is 5.97 Å². The van der Waals surface area contributed by atoms with Gasteiger partial charge in [0.05, 0.1) is 19.1 Å². The van der Waals surface area contributed by atoms with Crippen LogP contribution in [0.15, 0.2) is 0 Å². The Morgan fingerprint density at radius 2 is 2.29 bits per heavy atom. The van der Waals surface area contributed by atoms with Crippen LogP contribution in [0.5, 0.6) is 0 Å². The van der Waals surface area contributed by atoms with E-state index in [1.807, 2.05) is 0 Å². The number of carboxylic acids is 1. The normalized spacial score (nSPS) is 24.5. The van der Waals surface area contributed by atoms with Gasteiger partial charge in [-0.2, -0.15) is 0 Å². The van der Waals surface area contributed by atoms with E-state index >= 15 is 0 Å². The van der Waals surface area contributed by atoms with Gasteiger partial charge in [0, 0.05) is 18.6 Å². The Bertz CT molecular complexity index is 215. The Morgan fingerprint density at radius 3 is 2.79 bits per heavy atom. The average molecular weight is 201 g/mol. The van der Waals surface area contributed by atoms with Crippen molar-refractivity contribution in [3.8, 4) is 0 Å². The first-order valence-electron chi connectivity index (χ1n) is 4.99. The van der Waals surface area contributed by atoms with Gasteiger partial charge in [0.15, 0.2) is 0 Å². The molecule has 1 atom stereocenters. The lowest BCUT2D eigenvalue weighted by Crippen LogP contribution is -2.54. The van der Waals surface area contributed by atoms with Crippen LogP contribution in [-0.4, -0.2) is 47.8 Å². The van der Waals surface area contributed by atoms with Crippen molar-refractivity contribution in [2.45, 2.75) is 26.3 Å². The number of carboxylic acid groups (broad SMARTS) is 1. The third kappa shape index (κ3) is 2.69. The molecule has 4 nitrogen and oxygen atoms in total. The van der Waals surface area contributed by atoms with Crippen LogP contribution in [0.2, 0.25) is 0 Å². The Morgan fingerprint density at radius 1 is 1.64 bits per heavy atom. The predicted octanol–water partition coefficient (Wildman–Crippen LogP) is 0.818. The quantitative estimate of drug-likeness (QED) is 0.734. The van der Waals surface area contributed by atoms with E-state index in [4.69, 9.17) is 9.84 Å². The van der Waals surface area contributed by atoms with Crippen molar-refractivity contribution in [2.75, 3.05) is 26.3 Å². The highest BCUT2D eigenvalue weighted by Gasteiger charge is 2.32. The molecular weight excluding hydrogens is 182 g/mol. The van der Waals surface area contributed by atoms with Gasteiger partial charge < -0.3 is 9.84 Å². The maximum atomic E-state index is 10.7. The van der Waals surface area contributed by atoms with Crippen molar-refractivity contribution in [3.05, 3.63) is 0 Å². The van der Waals surface area contributed by atoms with Crippen LogP contribution in [0.25, 0.3) is 0 Å². The fourth-order valence-corrected chi connectivity index (χ4v) is 1.64. The summed E-state index contributed by atoms with van der Waals surface area (Å²) in [5.41, 5.74) is -0.0397. The summed E-state index contributed by atoms with van der Waals surface area (Å²) in [5.74, 6) is -1.04. The van der Waals surface area contributed by atoms with Crippen LogP contribution in [0, 0.1) is 5.92 Å². The zero-order chi connectivity index (χ0) is 10.8. The van der Waals surface area contributed by atoms with Crippen LogP contribution in [0.4, 0.5) is 0 Å². The fourth-order valence-electron chi connectivity index (χ4n) is 1.64. The van der Waals surface area contributed by atoms with Crippen LogP contribution in [-0.2, 0) is 9.53 Å². The van der Waals surface area contributed by atoms with Crippen LogP contribution < -0.4 is 0 Å². The lowest BCUT2D eigenvalue weighted by Gasteiger charge is -2.42. The van der Waals surface area contributed by atoms with E-state index in [0.29, 0.717) is 19.8 Å². The Labute approximate surface area is 84.8 Å². The number of hydrogen-bond donors (Lipinski definition) is 1. The molecule has 14 heavy (non-hydrogen) atoms. The molecule has 1 aliphatic heterocycles. The summed E-state index contributed by atoms with van der Waals surface area (Å²) < 4.78 is 5.37. The molecule has 0 saturated carbocycles. The van der Waals surface area contributed by atoms with Gasteiger partial charge in [0.1, 0.15) is 0 Å². The first kappa shape index (κ1) is 11.5. The number of nitrogens with zero attached hydrogens (tertiary/aromatic N) is 1. The molecule has 0 aliphatic carbocycles. The van der Waals surface area contributed by atoms with E-state index in [9.17, 15) is 4.79 Å². The summed E-state index contributed by atoms with van der Waals surface area (Å²) in [6, 6.07) is 0. The van der Waals surface area contributed by atoms with Crippen molar-refractivity contribution < 1.29 is 14.6 Å². The SMILES string of the molecule is CC(CN1CCOCC1(C)C)C(=O)O. The van der Waals surface area contributed by atoms with Gasteiger partial charge in [0.2, 0.25) is 0 Å². The third-order valence-corrected chi connectivity index (χ3v) is 2.73. The summed E-state index contributed by atoms with van der Waals surface area (Å²) in [6.07, 6.45) is 0. The molecule has 1 N–H and O–H groups in total. The van der Waals surface area contributed by atoms with Crippen LogP contribution in [0.1, 0.15) is 20.8 Å². The van der Waals surface area contributed by atoms with E-state index in [0.717, 1.165) is 6.54 Å². The number of carbonyl (C=O) groups is 1. The van der Waals surface area contributed by atoms with E-state index in [2.05, 4.69) is 18.7 Å². The molecule has 82 valence electrons. The second-order valence-corrected chi connectivity index (χ2v) is 4.55. The van der Waals surface area contributed by atoms with Crippen molar-refractivity contribution >= 4 is 5.97 Å². The first-order valence-corrected chi connectivity index (χ1v) is 4.99. The number of rotatable bonds is 3. The Hall–Kier alpha value is -0.610. The lowest BCUT2D eigenvalue weighted by atomic mass is 10.0. The predicted molar refractivity (Wildman–Crippen MR) is 53.3 cm³/mol. The summed E-state index contributed by atoms with van der Waals surface area (Å²) in [4.78, 5) is 12.9. The topological polar surface area (TPSA) is 49.8 Å².